The Morgan fingerprint density at radius 3 is 2.74 bits per heavy atom. The Kier molecular flexibility index (Phi) is 3.37. The Labute approximate surface area is 135 Å². The van der Waals surface area contributed by atoms with E-state index in [0.717, 1.165) is 6.42 Å². The molecule has 2 unspecified atom stereocenters. The Bertz CT molecular complexity index is 681. The molecule has 0 radical (unpaired) electrons. The Balaban J connectivity index is 1.72. The lowest BCUT2D eigenvalue weighted by atomic mass is 9.77. The second-order valence-corrected chi connectivity index (χ2v) is 7.26. The molecular formula is C14H13BF2O5S. The van der Waals surface area contributed by atoms with Crippen molar-refractivity contribution < 1.29 is 33.1 Å². The summed E-state index contributed by atoms with van der Waals surface area (Å²) in [6.45, 7) is -0.0708. The second kappa shape index (κ2) is 5.09. The van der Waals surface area contributed by atoms with Crippen LogP contribution in [0.2, 0.25) is 5.82 Å². The van der Waals surface area contributed by atoms with Crippen molar-refractivity contribution >= 4 is 24.8 Å². The molecule has 1 aromatic carbocycles. The van der Waals surface area contributed by atoms with Crippen molar-refractivity contribution in [2.75, 3.05) is 13.2 Å². The number of benzene rings is 1. The lowest BCUT2D eigenvalue weighted by Crippen LogP contribution is -2.40. The topological polar surface area (TPSA) is 76.0 Å². The summed E-state index contributed by atoms with van der Waals surface area (Å²) < 4.78 is 38.5. The number of alkyl halides is 2. The van der Waals surface area contributed by atoms with Gasteiger partial charge in [0.1, 0.15) is 11.3 Å². The third-order valence-corrected chi connectivity index (χ3v) is 5.73. The maximum Gasteiger partial charge on any atom is 0.526 e. The average Bonchev–Trinajstić information content (AvgIpc) is 3.15. The molecule has 1 saturated heterocycles. The second-order valence-electron chi connectivity index (χ2n) is 6.07. The third-order valence-electron chi connectivity index (χ3n) is 4.57. The lowest BCUT2D eigenvalue weighted by molar-refractivity contribution is -0.121. The fourth-order valence-corrected chi connectivity index (χ4v) is 4.06. The van der Waals surface area contributed by atoms with E-state index in [1.165, 1.54) is 6.07 Å². The van der Waals surface area contributed by atoms with Gasteiger partial charge in [0, 0.05) is 10.7 Å². The van der Waals surface area contributed by atoms with E-state index in [0.29, 0.717) is 5.56 Å². The highest BCUT2D eigenvalue weighted by Gasteiger charge is 2.55. The molecule has 2 N–H and O–H groups in total. The molecule has 5 nitrogen and oxygen atoms in total. The fourth-order valence-electron chi connectivity index (χ4n) is 3.04. The van der Waals surface area contributed by atoms with E-state index in [9.17, 15) is 23.7 Å². The van der Waals surface area contributed by atoms with Gasteiger partial charge in [-0.1, -0.05) is 17.8 Å². The van der Waals surface area contributed by atoms with Crippen LogP contribution in [0.5, 0.6) is 5.75 Å². The number of carboxylic acid groups (broad SMARTS) is 1. The molecule has 0 bridgehead atoms. The van der Waals surface area contributed by atoms with Crippen LogP contribution >= 0.6 is 11.8 Å². The molecule has 9 heteroatoms. The van der Waals surface area contributed by atoms with Crippen LogP contribution in [0, 0.1) is 5.92 Å². The lowest BCUT2D eigenvalue weighted by Gasteiger charge is -2.33. The first-order chi connectivity index (χ1) is 10.9. The van der Waals surface area contributed by atoms with Gasteiger partial charge >= 0.3 is 18.3 Å². The van der Waals surface area contributed by atoms with Crippen LogP contribution in [0.3, 0.4) is 0 Å². The Morgan fingerprint density at radius 2 is 2.13 bits per heavy atom. The first-order valence-corrected chi connectivity index (χ1v) is 8.09. The van der Waals surface area contributed by atoms with E-state index in [-0.39, 0.29) is 52.9 Å². The minimum absolute atomic E-state index is 0.0226. The van der Waals surface area contributed by atoms with Gasteiger partial charge < -0.3 is 19.5 Å². The van der Waals surface area contributed by atoms with E-state index in [4.69, 9.17) is 9.39 Å². The summed E-state index contributed by atoms with van der Waals surface area (Å²) in [6.07, 6.45) is 0.718. The van der Waals surface area contributed by atoms with Gasteiger partial charge in [-0.25, -0.2) is 4.79 Å². The SMILES string of the molecule is O=C(O)c1c(SC(F)(F)C2COC2)ccc2c1OB(O)C1CC21. The van der Waals surface area contributed by atoms with Crippen LogP contribution in [0.1, 0.15) is 28.3 Å². The normalized spacial score (nSPS) is 26.0. The zero-order chi connectivity index (χ0) is 16.4. The van der Waals surface area contributed by atoms with Crippen molar-refractivity contribution in [2.45, 2.75) is 28.3 Å². The number of hydrogen-bond donors (Lipinski definition) is 2. The van der Waals surface area contributed by atoms with Gasteiger partial charge in [-0.3, -0.25) is 0 Å². The highest BCUT2D eigenvalue weighted by Crippen LogP contribution is 2.61. The molecule has 1 aromatic rings. The highest BCUT2D eigenvalue weighted by atomic mass is 32.2. The number of halogens is 2. The zero-order valence-electron chi connectivity index (χ0n) is 11.9. The molecule has 0 spiro atoms. The Morgan fingerprint density at radius 1 is 1.39 bits per heavy atom. The van der Waals surface area contributed by atoms with Crippen molar-refractivity contribution in [1.29, 1.82) is 0 Å². The number of carboxylic acids is 1. The molecule has 4 rings (SSSR count). The average molecular weight is 342 g/mol. The van der Waals surface area contributed by atoms with E-state index in [1.807, 2.05) is 0 Å². The summed E-state index contributed by atoms with van der Waals surface area (Å²) in [5, 5.41) is 16.2. The standard InChI is InChI=1S/C14H13BF2O5S/c16-14(17,6-4-21-5-6)23-10-2-1-7-8-3-9(8)15(20)22-12(7)11(10)13(18)19/h1-2,6,8-9,20H,3-5H2,(H,18,19). The number of rotatable bonds is 4. The molecule has 2 aliphatic heterocycles. The molecule has 2 heterocycles. The number of ether oxygens (including phenoxy) is 1. The molecule has 2 fully saturated rings. The zero-order valence-corrected chi connectivity index (χ0v) is 12.7. The van der Waals surface area contributed by atoms with Crippen LogP contribution in [-0.2, 0) is 4.74 Å². The van der Waals surface area contributed by atoms with Crippen LogP contribution in [0.4, 0.5) is 8.78 Å². The third kappa shape index (κ3) is 2.41. The smallest absolute Gasteiger partial charge is 0.526 e. The summed E-state index contributed by atoms with van der Waals surface area (Å²) in [4.78, 5) is 11.6. The fraction of sp³-hybridized carbons (Fsp3) is 0.500. The van der Waals surface area contributed by atoms with Gasteiger partial charge in [0.2, 0.25) is 0 Å². The Hall–Kier alpha value is -1.32. The molecule has 23 heavy (non-hydrogen) atoms. The van der Waals surface area contributed by atoms with Gasteiger partial charge in [-0.15, -0.1) is 0 Å². The van der Waals surface area contributed by atoms with Crippen LogP contribution < -0.4 is 4.65 Å². The molecule has 1 aliphatic carbocycles. The summed E-state index contributed by atoms with van der Waals surface area (Å²) in [6, 6.07) is 3.05. The molecule has 0 amide bonds. The summed E-state index contributed by atoms with van der Waals surface area (Å²) in [5.74, 6) is -2.22. The van der Waals surface area contributed by atoms with Crippen molar-refractivity contribution in [2.24, 2.45) is 5.92 Å². The van der Waals surface area contributed by atoms with E-state index in [2.05, 4.69) is 0 Å². The van der Waals surface area contributed by atoms with Gasteiger partial charge in [0.25, 0.3) is 0 Å². The van der Waals surface area contributed by atoms with Crippen molar-refractivity contribution in [3.8, 4) is 5.75 Å². The van der Waals surface area contributed by atoms with Crippen LogP contribution in [0.15, 0.2) is 17.0 Å². The van der Waals surface area contributed by atoms with Gasteiger partial charge in [0.05, 0.1) is 19.1 Å². The molecule has 0 aromatic heterocycles. The number of fused-ring (bicyclic) bond motifs is 3. The summed E-state index contributed by atoms with van der Waals surface area (Å²) in [7, 11) is -1.08. The number of carbonyl (C=O) groups is 1. The van der Waals surface area contributed by atoms with E-state index in [1.54, 1.807) is 6.07 Å². The molecule has 3 aliphatic rings. The predicted octanol–water partition coefficient (Wildman–Crippen LogP) is 2.45. The molecular weight excluding hydrogens is 329 g/mol. The number of aromatic carboxylic acids is 1. The van der Waals surface area contributed by atoms with Gasteiger partial charge in [0.15, 0.2) is 0 Å². The minimum Gasteiger partial charge on any atom is -0.535 e. The maximum atomic E-state index is 14.2. The monoisotopic (exact) mass is 342 g/mol. The summed E-state index contributed by atoms with van der Waals surface area (Å²) in [5.41, 5.74) is 0.383. The number of thioether (sulfide) groups is 1. The minimum atomic E-state index is -3.12. The molecule has 122 valence electrons. The number of hydrogen-bond acceptors (Lipinski definition) is 5. The molecule has 2 atom stereocenters. The van der Waals surface area contributed by atoms with E-state index >= 15 is 0 Å². The largest absolute Gasteiger partial charge is 0.535 e. The first kappa shape index (κ1) is 15.2. The van der Waals surface area contributed by atoms with Gasteiger partial charge in [-0.2, -0.15) is 8.78 Å². The van der Waals surface area contributed by atoms with Crippen molar-refractivity contribution in [1.82, 2.24) is 0 Å². The summed E-state index contributed by atoms with van der Waals surface area (Å²) >= 11 is 0.218. The highest BCUT2D eigenvalue weighted by molar-refractivity contribution is 8.00. The predicted molar refractivity (Wildman–Crippen MR) is 78.2 cm³/mol. The quantitative estimate of drug-likeness (QED) is 0.647. The van der Waals surface area contributed by atoms with Crippen LogP contribution in [0.25, 0.3) is 0 Å². The van der Waals surface area contributed by atoms with Crippen molar-refractivity contribution in [3.05, 3.63) is 23.3 Å². The maximum absolute atomic E-state index is 14.2. The molecule has 1 saturated carbocycles. The van der Waals surface area contributed by atoms with Crippen molar-refractivity contribution in [3.63, 3.8) is 0 Å². The van der Waals surface area contributed by atoms with Gasteiger partial charge in [-0.05, 0) is 24.0 Å². The first-order valence-electron chi connectivity index (χ1n) is 7.28. The van der Waals surface area contributed by atoms with Crippen LogP contribution in [-0.4, -0.2) is 41.7 Å². The van der Waals surface area contributed by atoms with E-state index < -0.39 is 24.3 Å².